The number of carbonyl (C=O) groups excluding carboxylic acids is 1. The Bertz CT molecular complexity index is 1370. The van der Waals surface area contributed by atoms with Crippen molar-refractivity contribution in [3.63, 3.8) is 0 Å². The summed E-state index contributed by atoms with van der Waals surface area (Å²) < 4.78 is 16.6. The number of rotatable bonds is 10. The zero-order valence-corrected chi connectivity index (χ0v) is 20.6. The van der Waals surface area contributed by atoms with Gasteiger partial charge in [-0.15, -0.1) is 0 Å². The summed E-state index contributed by atoms with van der Waals surface area (Å²) in [5, 5.41) is 7.82. The second-order valence-corrected chi connectivity index (χ2v) is 9.18. The molecule has 0 aliphatic carbocycles. The summed E-state index contributed by atoms with van der Waals surface area (Å²) in [5.74, 6) is -0.326. The Morgan fingerprint density at radius 1 is 1.09 bits per heavy atom. The molecule has 35 heavy (non-hydrogen) atoms. The highest BCUT2D eigenvalue weighted by atomic mass is 32.2. The van der Waals surface area contributed by atoms with Crippen LogP contribution in [0.15, 0.2) is 64.5 Å². The molecule has 0 atom stereocenters. The third-order valence-electron chi connectivity index (χ3n) is 5.67. The van der Waals surface area contributed by atoms with Crippen LogP contribution in [0.4, 0.5) is 4.39 Å². The maximum Gasteiger partial charge on any atom is 0.280 e. The van der Waals surface area contributed by atoms with Crippen LogP contribution >= 0.6 is 11.8 Å². The van der Waals surface area contributed by atoms with Crippen LogP contribution in [0.3, 0.4) is 0 Å². The van der Waals surface area contributed by atoms with E-state index in [4.69, 9.17) is 4.98 Å². The Morgan fingerprint density at radius 3 is 2.54 bits per heavy atom. The predicted molar refractivity (Wildman–Crippen MR) is 136 cm³/mol. The summed E-state index contributed by atoms with van der Waals surface area (Å²) in [5.41, 5.74) is 3.41. The summed E-state index contributed by atoms with van der Waals surface area (Å²) in [6.45, 7) is 5.07. The van der Waals surface area contributed by atoms with Gasteiger partial charge in [0.1, 0.15) is 11.3 Å². The average Bonchev–Trinajstić information content (AvgIpc) is 3.20. The molecule has 0 bridgehead atoms. The molecule has 0 aliphatic heterocycles. The van der Waals surface area contributed by atoms with Gasteiger partial charge in [-0.1, -0.05) is 54.2 Å². The lowest BCUT2D eigenvalue weighted by atomic mass is 10.1. The number of carbonyl (C=O) groups is 1. The molecule has 4 aromatic rings. The Morgan fingerprint density at radius 2 is 1.83 bits per heavy atom. The molecule has 1 N–H and O–H groups in total. The van der Waals surface area contributed by atoms with Crippen LogP contribution in [0.2, 0.25) is 0 Å². The zero-order chi connectivity index (χ0) is 24.8. The Labute approximate surface area is 207 Å². The van der Waals surface area contributed by atoms with E-state index < -0.39 is 0 Å². The second-order valence-electron chi connectivity index (χ2n) is 8.24. The highest BCUT2D eigenvalue weighted by Crippen LogP contribution is 2.21. The molecule has 182 valence electrons. The van der Waals surface area contributed by atoms with E-state index in [-0.39, 0.29) is 29.6 Å². The molecule has 0 fully saturated rings. The van der Waals surface area contributed by atoms with Crippen molar-refractivity contribution >= 4 is 28.7 Å². The molecule has 0 saturated carbocycles. The smallest absolute Gasteiger partial charge is 0.280 e. The van der Waals surface area contributed by atoms with E-state index in [9.17, 15) is 14.0 Å². The van der Waals surface area contributed by atoms with Crippen molar-refractivity contribution in [3.05, 3.63) is 87.6 Å². The number of amides is 1. The summed E-state index contributed by atoms with van der Waals surface area (Å²) in [6, 6.07) is 16.1. The predicted octanol–water partition coefficient (Wildman–Crippen LogP) is 3.95. The zero-order valence-electron chi connectivity index (χ0n) is 19.8. The molecule has 1 amide bonds. The molecular formula is C26H28FN5O2S. The second kappa shape index (κ2) is 11.3. The highest BCUT2D eigenvalue weighted by Gasteiger charge is 2.19. The molecule has 7 nitrogen and oxygen atoms in total. The Hall–Kier alpha value is -3.46. The first kappa shape index (κ1) is 24.7. The number of fused-ring (bicyclic) bond motifs is 1. The van der Waals surface area contributed by atoms with Crippen molar-refractivity contribution in [2.45, 2.75) is 44.9 Å². The van der Waals surface area contributed by atoms with Crippen LogP contribution in [-0.4, -0.2) is 37.5 Å². The molecule has 0 aliphatic rings. The van der Waals surface area contributed by atoms with Crippen molar-refractivity contribution in [2.75, 3.05) is 12.3 Å². The molecule has 2 aromatic heterocycles. The summed E-state index contributed by atoms with van der Waals surface area (Å²) in [6.07, 6.45) is 1.74. The van der Waals surface area contributed by atoms with Gasteiger partial charge in [0.2, 0.25) is 5.91 Å². The van der Waals surface area contributed by atoms with Gasteiger partial charge in [-0.25, -0.2) is 9.37 Å². The average molecular weight is 494 g/mol. The monoisotopic (exact) mass is 493 g/mol. The van der Waals surface area contributed by atoms with Crippen molar-refractivity contribution < 1.29 is 9.18 Å². The van der Waals surface area contributed by atoms with Gasteiger partial charge in [-0.05, 0) is 49.9 Å². The number of aryl methyl sites for hydroxylation is 3. The highest BCUT2D eigenvalue weighted by molar-refractivity contribution is 7.99. The van der Waals surface area contributed by atoms with Gasteiger partial charge in [0.25, 0.3) is 5.56 Å². The maximum atomic E-state index is 13.5. The van der Waals surface area contributed by atoms with Crippen LogP contribution in [-0.2, 0) is 24.3 Å². The van der Waals surface area contributed by atoms with E-state index in [0.29, 0.717) is 35.0 Å². The fourth-order valence-corrected chi connectivity index (χ4v) is 4.71. The molecule has 0 radical (unpaired) electrons. The van der Waals surface area contributed by atoms with Crippen molar-refractivity contribution in [1.29, 1.82) is 0 Å². The quantitative estimate of drug-likeness (QED) is 0.206. The first-order chi connectivity index (χ1) is 17.0. The number of hydrogen-bond acceptors (Lipinski definition) is 5. The normalized spacial score (nSPS) is 11.2. The van der Waals surface area contributed by atoms with Gasteiger partial charge in [-0.3, -0.25) is 18.8 Å². The summed E-state index contributed by atoms with van der Waals surface area (Å²) >= 11 is 1.22. The third kappa shape index (κ3) is 5.97. The number of aromatic nitrogens is 4. The number of benzene rings is 2. The van der Waals surface area contributed by atoms with Crippen LogP contribution < -0.4 is 10.9 Å². The number of hydrogen-bond donors (Lipinski definition) is 1. The molecule has 4 rings (SSSR count). The van der Waals surface area contributed by atoms with E-state index in [2.05, 4.69) is 22.5 Å². The minimum atomic E-state index is -0.340. The Kier molecular flexibility index (Phi) is 7.97. The molecule has 0 saturated heterocycles. The van der Waals surface area contributed by atoms with Crippen LogP contribution in [0.1, 0.15) is 30.2 Å². The molecule has 9 heteroatoms. The third-order valence-corrected chi connectivity index (χ3v) is 6.65. The summed E-state index contributed by atoms with van der Waals surface area (Å²) in [7, 11) is 0. The minimum Gasteiger partial charge on any atom is -0.355 e. The van der Waals surface area contributed by atoms with Gasteiger partial charge >= 0.3 is 0 Å². The summed E-state index contributed by atoms with van der Waals surface area (Å²) in [4.78, 5) is 30.7. The molecule has 0 spiro atoms. The fraction of sp³-hybridized carbons (Fsp3) is 0.308. The van der Waals surface area contributed by atoms with E-state index >= 15 is 0 Å². The van der Waals surface area contributed by atoms with E-state index in [1.165, 1.54) is 34.0 Å². The fourth-order valence-electron chi connectivity index (χ4n) is 3.89. The number of nitrogens with one attached hydrogen (secondary N) is 1. The van der Waals surface area contributed by atoms with Crippen molar-refractivity contribution in [3.8, 4) is 0 Å². The van der Waals surface area contributed by atoms with E-state index in [1.807, 2.05) is 32.0 Å². The maximum absolute atomic E-state index is 13.5. The van der Waals surface area contributed by atoms with E-state index in [0.717, 1.165) is 18.4 Å². The lowest BCUT2D eigenvalue weighted by Crippen LogP contribution is -2.28. The van der Waals surface area contributed by atoms with Crippen molar-refractivity contribution in [1.82, 2.24) is 24.6 Å². The number of halogens is 1. The van der Waals surface area contributed by atoms with Gasteiger partial charge < -0.3 is 5.32 Å². The minimum absolute atomic E-state index is 0.119. The van der Waals surface area contributed by atoms with E-state index in [1.54, 1.807) is 16.8 Å². The molecule has 2 heterocycles. The lowest BCUT2D eigenvalue weighted by Gasteiger charge is -2.13. The van der Waals surface area contributed by atoms with Crippen LogP contribution in [0.5, 0.6) is 0 Å². The standard InChI is InChI=1S/C26H28FN5O2S/c1-3-32-24-23(18(2)30-32)29-26(31(25(24)34)16-20-11-13-21(27)14-12-20)35-17-22(33)28-15-7-10-19-8-5-4-6-9-19/h4-6,8-9,11-14H,3,7,10,15-17H2,1-2H3,(H,28,33). The first-order valence-corrected chi connectivity index (χ1v) is 12.6. The number of nitrogens with zero attached hydrogens (tertiary/aromatic N) is 4. The van der Waals surface area contributed by atoms with Crippen molar-refractivity contribution in [2.24, 2.45) is 0 Å². The topological polar surface area (TPSA) is 81.8 Å². The van der Waals surface area contributed by atoms with Crippen LogP contribution in [0.25, 0.3) is 11.0 Å². The largest absolute Gasteiger partial charge is 0.355 e. The number of thioether (sulfide) groups is 1. The van der Waals surface area contributed by atoms with Crippen LogP contribution in [0, 0.1) is 12.7 Å². The van der Waals surface area contributed by atoms with Gasteiger partial charge in [0, 0.05) is 13.1 Å². The molecule has 2 aromatic carbocycles. The Balaban J connectivity index is 1.50. The lowest BCUT2D eigenvalue weighted by molar-refractivity contribution is -0.118. The SMILES string of the molecule is CCn1nc(C)c2nc(SCC(=O)NCCCc3ccccc3)n(Cc3ccc(F)cc3)c(=O)c21. The molecular weight excluding hydrogens is 465 g/mol. The van der Waals surface area contributed by atoms with Gasteiger partial charge in [0.15, 0.2) is 10.7 Å². The molecule has 0 unspecified atom stereocenters. The van der Waals surface area contributed by atoms with Gasteiger partial charge in [-0.2, -0.15) is 5.10 Å². The first-order valence-electron chi connectivity index (χ1n) is 11.6. The van der Waals surface area contributed by atoms with Gasteiger partial charge in [0.05, 0.1) is 18.0 Å².